The van der Waals surface area contributed by atoms with Gasteiger partial charge in [-0.15, -0.1) is 0 Å². The van der Waals surface area contributed by atoms with Gasteiger partial charge in [-0.25, -0.2) is 0 Å². The monoisotopic (exact) mass is 329 g/mol. The number of rotatable bonds is 6. The van der Waals surface area contributed by atoms with Crippen LogP contribution in [0.25, 0.3) is 6.08 Å². The molecule has 0 spiro atoms. The van der Waals surface area contributed by atoms with Crippen LogP contribution in [0.3, 0.4) is 0 Å². The first kappa shape index (κ1) is 17.1. The molecule has 1 amide bonds. The largest absolute Gasteiger partial charge is 0.494 e. The van der Waals surface area contributed by atoms with E-state index >= 15 is 0 Å². The van der Waals surface area contributed by atoms with Crippen LogP contribution >= 0.6 is 11.6 Å². The summed E-state index contributed by atoms with van der Waals surface area (Å²) in [4.78, 5) is 13.8. The quantitative estimate of drug-likeness (QED) is 0.735. The number of carbonyl (C=O) groups is 1. The Morgan fingerprint density at radius 1 is 1.13 bits per heavy atom. The first-order chi connectivity index (χ1) is 11.1. The van der Waals surface area contributed by atoms with Crippen LogP contribution in [0.4, 0.5) is 0 Å². The van der Waals surface area contributed by atoms with Crippen molar-refractivity contribution in [3.63, 3.8) is 0 Å². The standard InChI is InChI=1S/C19H20ClNO2/c1-3-23-18-11-6-15(7-12-18)8-13-19(22)21(2)14-16-4-9-17(20)10-5-16/h4-13H,3,14H2,1-2H3/b13-8+. The summed E-state index contributed by atoms with van der Waals surface area (Å²) < 4.78 is 5.39. The zero-order valence-corrected chi connectivity index (χ0v) is 14.1. The lowest BCUT2D eigenvalue weighted by Gasteiger charge is -2.15. The van der Waals surface area contributed by atoms with Crippen molar-refractivity contribution in [2.24, 2.45) is 0 Å². The maximum absolute atomic E-state index is 12.1. The Labute approximate surface area is 142 Å². The minimum atomic E-state index is -0.0474. The van der Waals surface area contributed by atoms with Gasteiger partial charge in [0.15, 0.2) is 0 Å². The molecule has 0 bridgehead atoms. The van der Waals surface area contributed by atoms with Crippen molar-refractivity contribution in [2.45, 2.75) is 13.5 Å². The van der Waals surface area contributed by atoms with Crippen LogP contribution in [0, 0.1) is 0 Å². The van der Waals surface area contributed by atoms with Gasteiger partial charge >= 0.3 is 0 Å². The average molecular weight is 330 g/mol. The lowest BCUT2D eigenvalue weighted by atomic mass is 10.2. The lowest BCUT2D eigenvalue weighted by molar-refractivity contribution is -0.125. The molecule has 0 N–H and O–H groups in total. The number of ether oxygens (including phenoxy) is 1. The minimum absolute atomic E-state index is 0.0474. The van der Waals surface area contributed by atoms with E-state index < -0.39 is 0 Å². The van der Waals surface area contributed by atoms with E-state index in [4.69, 9.17) is 16.3 Å². The van der Waals surface area contributed by atoms with Crippen LogP contribution in [0.1, 0.15) is 18.1 Å². The average Bonchev–Trinajstić information content (AvgIpc) is 2.56. The maximum Gasteiger partial charge on any atom is 0.246 e. The summed E-state index contributed by atoms with van der Waals surface area (Å²) in [7, 11) is 1.78. The van der Waals surface area contributed by atoms with Gasteiger partial charge in [-0.3, -0.25) is 4.79 Å². The SMILES string of the molecule is CCOc1ccc(/C=C/C(=O)N(C)Cc2ccc(Cl)cc2)cc1. The van der Waals surface area contributed by atoms with Gasteiger partial charge in [0.25, 0.3) is 0 Å². The summed E-state index contributed by atoms with van der Waals surface area (Å²) in [6, 6.07) is 15.1. The number of amides is 1. The van der Waals surface area contributed by atoms with E-state index in [2.05, 4.69) is 0 Å². The molecule has 0 unspecified atom stereocenters. The zero-order chi connectivity index (χ0) is 16.7. The number of hydrogen-bond acceptors (Lipinski definition) is 2. The number of likely N-dealkylation sites (N-methyl/N-ethyl adjacent to an activating group) is 1. The number of hydrogen-bond donors (Lipinski definition) is 0. The van der Waals surface area contributed by atoms with Crippen LogP contribution in [-0.2, 0) is 11.3 Å². The summed E-state index contributed by atoms with van der Waals surface area (Å²) in [6.45, 7) is 3.13. The van der Waals surface area contributed by atoms with Crippen molar-refractivity contribution in [1.29, 1.82) is 0 Å². The van der Waals surface area contributed by atoms with Crippen LogP contribution in [0.2, 0.25) is 5.02 Å². The van der Waals surface area contributed by atoms with Gasteiger partial charge in [0, 0.05) is 24.7 Å². The normalized spacial score (nSPS) is 10.7. The van der Waals surface area contributed by atoms with E-state index in [-0.39, 0.29) is 5.91 Å². The Morgan fingerprint density at radius 2 is 1.78 bits per heavy atom. The molecule has 0 saturated heterocycles. The molecule has 0 aliphatic heterocycles. The van der Waals surface area contributed by atoms with Crippen molar-refractivity contribution in [3.05, 3.63) is 70.8 Å². The molecule has 0 saturated carbocycles. The lowest BCUT2D eigenvalue weighted by Crippen LogP contribution is -2.24. The molecule has 0 aliphatic carbocycles. The number of carbonyl (C=O) groups excluding carboxylic acids is 1. The molecule has 0 heterocycles. The Bertz CT molecular complexity index is 663. The maximum atomic E-state index is 12.1. The van der Waals surface area contributed by atoms with E-state index in [1.807, 2.05) is 55.5 Å². The molecular formula is C19H20ClNO2. The van der Waals surface area contributed by atoms with Crippen LogP contribution in [0.15, 0.2) is 54.6 Å². The zero-order valence-electron chi connectivity index (χ0n) is 13.3. The number of halogens is 1. The Balaban J connectivity index is 1.93. The Hall–Kier alpha value is -2.26. The molecule has 2 aromatic carbocycles. The van der Waals surface area contributed by atoms with E-state index in [9.17, 15) is 4.79 Å². The highest BCUT2D eigenvalue weighted by Gasteiger charge is 2.05. The smallest absolute Gasteiger partial charge is 0.246 e. The van der Waals surface area contributed by atoms with Crippen LogP contribution < -0.4 is 4.74 Å². The van der Waals surface area contributed by atoms with Crippen molar-refractivity contribution < 1.29 is 9.53 Å². The molecule has 0 fully saturated rings. The predicted molar refractivity (Wildman–Crippen MR) is 94.6 cm³/mol. The highest BCUT2D eigenvalue weighted by atomic mass is 35.5. The predicted octanol–water partition coefficient (Wildman–Crippen LogP) is 4.41. The van der Waals surface area contributed by atoms with Crippen molar-refractivity contribution in [2.75, 3.05) is 13.7 Å². The second-order valence-electron chi connectivity index (χ2n) is 5.16. The molecule has 0 aliphatic rings. The molecule has 0 aromatic heterocycles. The molecule has 0 radical (unpaired) electrons. The van der Waals surface area contributed by atoms with Gasteiger partial charge in [0.05, 0.1) is 6.61 Å². The third kappa shape index (κ3) is 5.46. The van der Waals surface area contributed by atoms with E-state index in [0.717, 1.165) is 16.9 Å². The van der Waals surface area contributed by atoms with Gasteiger partial charge < -0.3 is 9.64 Å². The summed E-state index contributed by atoms with van der Waals surface area (Å²) in [5.74, 6) is 0.782. The highest BCUT2D eigenvalue weighted by molar-refractivity contribution is 6.30. The second kappa shape index (κ2) is 8.39. The Morgan fingerprint density at radius 3 is 2.39 bits per heavy atom. The van der Waals surface area contributed by atoms with Crippen molar-refractivity contribution >= 4 is 23.6 Å². The fraction of sp³-hybridized carbons (Fsp3) is 0.211. The third-order valence-corrected chi connectivity index (χ3v) is 3.57. The third-order valence-electron chi connectivity index (χ3n) is 3.32. The van der Waals surface area contributed by atoms with Gasteiger partial charge in [-0.05, 0) is 48.4 Å². The molecule has 120 valence electrons. The van der Waals surface area contributed by atoms with E-state index in [0.29, 0.717) is 18.2 Å². The molecule has 2 rings (SSSR count). The summed E-state index contributed by atoms with van der Waals surface area (Å²) in [5, 5.41) is 0.693. The van der Waals surface area contributed by atoms with Crippen LogP contribution in [-0.4, -0.2) is 24.5 Å². The van der Waals surface area contributed by atoms with Gasteiger partial charge in [-0.2, -0.15) is 0 Å². The summed E-state index contributed by atoms with van der Waals surface area (Å²) >= 11 is 5.86. The Kier molecular flexibility index (Phi) is 6.24. The second-order valence-corrected chi connectivity index (χ2v) is 5.59. The molecule has 4 heteroatoms. The van der Waals surface area contributed by atoms with E-state index in [1.165, 1.54) is 0 Å². The summed E-state index contributed by atoms with van der Waals surface area (Å²) in [6.07, 6.45) is 3.38. The topological polar surface area (TPSA) is 29.5 Å². The molecule has 23 heavy (non-hydrogen) atoms. The van der Waals surface area contributed by atoms with Crippen molar-refractivity contribution in [3.8, 4) is 5.75 Å². The molecule has 2 aromatic rings. The fourth-order valence-corrected chi connectivity index (χ4v) is 2.20. The first-order valence-corrected chi connectivity index (χ1v) is 7.86. The van der Waals surface area contributed by atoms with Gasteiger partial charge in [-0.1, -0.05) is 35.9 Å². The molecule has 3 nitrogen and oxygen atoms in total. The number of benzene rings is 2. The highest BCUT2D eigenvalue weighted by Crippen LogP contribution is 2.14. The van der Waals surface area contributed by atoms with Crippen molar-refractivity contribution in [1.82, 2.24) is 4.90 Å². The molecular weight excluding hydrogens is 310 g/mol. The first-order valence-electron chi connectivity index (χ1n) is 7.49. The molecule has 0 atom stereocenters. The van der Waals surface area contributed by atoms with Crippen LogP contribution in [0.5, 0.6) is 5.75 Å². The summed E-state index contributed by atoms with van der Waals surface area (Å²) in [5.41, 5.74) is 2.00. The van der Waals surface area contributed by atoms with E-state index in [1.54, 1.807) is 24.1 Å². The van der Waals surface area contributed by atoms with Gasteiger partial charge in [0.1, 0.15) is 5.75 Å². The minimum Gasteiger partial charge on any atom is -0.494 e. The van der Waals surface area contributed by atoms with Gasteiger partial charge in [0.2, 0.25) is 5.91 Å². The fourth-order valence-electron chi connectivity index (χ4n) is 2.08. The number of nitrogens with zero attached hydrogens (tertiary/aromatic N) is 1.